The lowest BCUT2D eigenvalue weighted by Crippen LogP contribution is -2.27. The number of benzene rings is 3. The molecule has 7 nitrogen and oxygen atoms in total. The number of anilines is 1. The summed E-state index contributed by atoms with van der Waals surface area (Å²) in [5.74, 6) is 0.232. The average molecular weight is 531 g/mol. The first-order chi connectivity index (χ1) is 18.2. The number of aryl methyl sites for hydroxylation is 3. The van der Waals surface area contributed by atoms with Crippen LogP contribution in [0.15, 0.2) is 65.6 Å². The Morgan fingerprint density at radius 3 is 2.50 bits per heavy atom. The average Bonchev–Trinajstić information content (AvgIpc) is 3.13. The summed E-state index contributed by atoms with van der Waals surface area (Å²) in [7, 11) is 0. The van der Waals surface area contributed by atoms with Crippen molar-refractivity contribution >= 4 is 40.6 Å². The molecule has 0 atom stereocenters. The van der Waals surface area contributed by atoms with Crippen LogP contribution in [0.2, 0.25) is 0 Å². The van der Waals surface area contributed by atoms with E-state index >= 15 is 0 Å². The minimum atomic E-state index is -0.331. The number of nitrogens with one attached hydrogen (secondary N) is 1. The van der Waals surface area contributed by atoms with E-state index < -0.39 is 0 Å². The molecular weight excluding hydrogens is 500 g/mol. The summed E-state index contributed by atoms with van der Waals surface area (Å²) in [5, 5.41) is 2.53. The molecule has 38 heavy (non-hydrogen) atoms. The predicted octanol–water partition coefficient (Wildman–Crippen LogP) is 6.26. The van der Waals surface area contributed by atoms with E-state index in [1.54, 1.807) is 24.3 Å². The van der Waals surface area contributed by atoms with Crippen LogP contribution in [0.4, 0.5) is 10.5 Å². The first-order valence-corrected chi connectivity index (χ1v) is 13.1. The van der Waals surface area contributed by atoms with E-state index in [0.717, 1.165) is 34.0 Å². The Bertz CT molecular complexity index is 1420. The maximum Gasteiger partial charge on any atom is 0.293 e. The lowest BCUT2D eigenvalue weighted by atomic mass is 10.1. The summed E-state index contributed by atoms with van der Waals surface area (Å²) < 4.78 is 11.5. The normalized spacial score (nSPS) is 14.2. The van der Waals surface area contributed by atoms with Gasteiger partial charge in [0.1, 0.15) is 0 Å². The van der Waals surface area contributed by atoms with Crippen molar-refractivity contribution in [1.82, 2.24) is 4.90 Å². The number of imide groups is 1. The van der Waals surface area contributed by atoms with Crippen molar-refractivity contribution in [1.29, 1.82) is 0 Å². The van der Waals surface area contributed by atoms with Gasteiger partial charge in [-0.15, -0.1) is 0 Å². The highest BCUT2D eigenvalue weighted by molar-refractivity contribution is 8.18. The molecule has 0 bridgehead atoms. The Morgan fingerprint density at radius 1 is 0.947 bits per heavy atom. The number of nitrogens with zero attached hydrogens (tertiary/aromatic N) is 1. The second kappa shape index (κ2) is 12.0. The molecule has 0 spiro atoms. The topological polar surface area (TPSA) is 84.9 Å². The lowest BCUT2D eigenvalue weighted by molar-refractivity contribution is -0.123. The maximum atomic E-state index is 13.0. The fourth-order valence-electron chi connectivity index (χ4n) is 3.94. The number of rotatable bonds is 9. The highest BCUT2D eigenvalue weighted by atomic mass is 32.2. The summed E-state index contributed by atoms with van der Waals surface area (Å²) in [5.41, 5.74) is 5.59. The Balaban J connectivity index is 1.44. The molecule has 196 valence electrons. The molecule has 0 radical (unpaired) electrons. The second-order valence-corrected chi connectivity index (χ2v) is 10.0. The molecule has 1 N–H and O–H groups in total. The van der Waals surface area contributed by atoms with Gasteiger partial charge in [0.15, 0.2) is 18.1 Å². The van der Waals surface area contributed by atoms with E-state index in [1.165, 1.54) is 4.90 Å². The molecule has 1 saturated heterocycles. The second-order valence-electron chi connectivity index (χ2n) is 9.03. The molecule has 1 aliphatic rings. The van der Waals surface area contributed by atoms with Gasteiger partial charge in [0.25, 0.3) is 17.1 Å². The standard InChI is InChI=1S/C30H30N2O5S/c1-5-36-26-15-22(10-12-25(26)37-18-28(33)31-24-11-9-20(3)21(4)14-24)16-27-29(34)32(30(35)38-27)17-23-8-6-7-19(2)13-23/h6-16H,5,17-18H2,1-4H3,(H,31,33)/b27-16+. The zero-order valence-electron chi connectivity index (χ0n) is 21.9. The Hall–Kier alpha value is -4.04. The Labute approximate surface area is 226 Å². The highest BCUT2D eigenvalue weighted by Crippen LogP contribution is 2.35. The number of carbonyl (C=O) groups excluding carboxylic acids is 3. The summed E-state index contributed by atoms with van der Waals surface area (Å²) in [6, 6.07) is 18.6. The highest BCUT2D eigenvalue weighted by Gasteiger charge is 2.35. The minimum Gasteiger partial charge on any atom is -0.490 e. The van der Waals surface area contributed by atoms with E-state index in [-0.39, 0.29) is 30.2 Å². The molecule has 4 rings (SSSR count). The summed E-state index contributed by atoms with van der Waals surface area (Å²) in [6.07, 6.45) is 1.67. The molecule has 0 aliphatic carbocycles. The quantitative estimate of drug-likeness (QED) is 0.329. The smallest absolute Gasteiger partial charge is 0.293 e. The molecule has 0 unspecified atom stereocenters. The van der Waals surface area contributed by atoms with E-state index in [9.17, 15) is 14.4 Å². The lowest BCUT2D eigenvalue weighted by Gasteiger charge is -2.13. The first kappa shape index (κ1) is 27.0. The number of ether oxygens (including phenoxy) is 2. The van der Waals surface area contributed by atoms with Crippen LogP contribution >= 0.6 is 11.8 Å². The fourth-order valence-corrected chi connectivity index (χ4v) is 4.78. The number of hydrogen-bond donors (Lipinski definition) is 1. The minimum absolute atomic E-state index is 0.190. The van der Waals surface area contributed by atoms with Crippen LogP contribution < -0.4 is 14.8 Å². The van der Waals surface area contributed by atoms with Gasteiger partial charge in [-0.1, -0.05) is 42.0 Å². The van der Waals surface area contributed by atoms with Gasteiger partial charge >= 0.3 is 0 Å². The van der Waals surface area contributed by atoms with Gasteiger partial charge < -0.3 is 14.8 Å². The van der Waals surface area contributed by atoms with Crippen LogP contribution in [-0.4, -0.2) is 35.2 Å². The molecule has 8 heteroatoms. The summed E-state index contributed by atoms with van der Waals surface area (Å²) >= 11 is 0.914. The fraction of sp³-hybridized carbons (Fsp3) is 0.233. The van der Waals surface area contributed by atoms with Crippen LogP contribution in [0.1, 0.15) is 34.7 Å². The SMILES string of the molecule is CCOc1cc(/C=C2/SC(=O)N(Cc3cccc(C)c3)C2=O)ccc1OCC(=O)Nc1ccc(C)c(C)c1. The van der Waals surface area contributed by atoms with E-state index in [0.29, 0.717) is 34.3 Å². The van der Waals surface area contributed by atoms with Crippen molar-refractivity contribution in [3.8, 4) is 11.5 Å². The monoisotopic (exact) mass is 530 g/mol. The van der Waals surface area contributed by atoms with Gasteiger partial charge in [0, 0.05) is 5.69 Å². The van der Waals surface area contributed by atoms with E-state index in [1.807, 2.05) is 70.2 Å². The maximum absolute atomic E-state index is 13.0. The van der Waals surface area contributed by atoms with Gasteiger partial charge in [0.05, 0.1) is 18.1 Å². The molecule has 0 aromatic heterocycles. The predicted molar refractivity (Wildman–Crippen MR) is 150 cm³/mol. The molecule has 3 amide bonds. The summed E-state index contributed by atoms with van der Waals surface area (Å²) in [4.78, 5) is 39.5. The molecule has 0 saturated carbocycles. The van der Waals surface area contributed by atoms with Crippen LogP contribution in [0.3, 0.4) is 0 Å². The molecule has 1 fully saturated rings. The molecule has 3 aromatic carbocycles. The Morgan fingerprint density at radius 2 is 1.76 bits per heavy atom. The Kier molecular flexibility index (Phi) is 8.53. The van der Waals surface area contributed by atoms with Gasteiger partial charge in [-0.2, -0.15) is 0 Å². The third-order valence-electron chi connectivity index (χ3n) is 6.01. The molecular formula is C30H30N2O5S. The van der Waals surface area contributed by atoms with Crippen molar-refractivity contribution < 1.29 is 23.9 Å². The van der Waals surface area contributed by atoms with Crippen LogP contribution in [0.25, 0.3) is 6.08 Å². The number of amides is 3. The van der Waals surface area contributed by atoms with Crippen molar-refractivity contribution in [2.75, 3.05) is 18.5 Å². The van der Waals surface area contributed by atoms with Crippen LogP contribution in [-0.2, 0) is 16.1 Å². The number of hydrogen-bond acceptors (Lipinski definition) is 6. The zero-order chi connectivity index (χ0) is 27.2. The molecule has 1 aliphatic heterocycles. The van der Waals surface area contributed by atoms with Crippen LogP contribution in [0.5, 0.6) is 11.5 Å². The van der Waals surface area contributed by atoms with Gasteiger partial charge in [-0.3, -0.25) is 19.3 Å². The van der Waals surface area contributed by atoms with Gasteiger partial charge in [-0.05, 0) is 92.1 Å². The van der Waals surface area contributed by atoms with Gasteiger partial charge in [0.2, 0.25) is 0 Å². The van der Waals surface area contributed by atoms with E-state index in [2.05, 4.69) is 5.32 Å². The third-order valence-corrected chi connectivity index (χ3v) is 6.92. The third kappa shape index (κ3) is 6.63. The summed E-state index contributed by atoms with van der Waals surface area (Å²) in [6.45, 7) is 8.25. The van der Waals surface area contributed by atoms with Crippen molar-refractivity contribution in [2.45, 2.75) is 34.2 Å². The van der Waals surface area contributed by atoms with Crippen molar-refractivity contribution in [3.05, 3.63) is 93.4 Å². The van der Waals surface area contributed by atoms with Crippen molar-refractivity contribution in [2.24, 2.45) is 0 Å². The van der Waals surface area contributed by atoms with E-state index in [4.69, 9.17) is 9.47 Å². The number of carbonyl (C=O) groups is 3. The molecule has 1 heterocycles. The van der Waals surface area contributed by atoms with Crippen molar-refractivity contribution in [3.63, 3.8) is 0 Å². The molecule has 3 aromatic rings. The number of thioether (sulfide) groups is 1. The van der Waals surface area contributed by atoms with Crippen LogP contribution in [0, 0.1) is 20.8 Å². The first-order valence-electron chi connectivity index (χ1n) is 12.3. The zero-order valence-corrected chi connectivity index (χ0v) is 22.7. The van der Waals surface area contributed by atoms with Gasteiger partial charge in [-0.25, -0.2) is 0 Å². The largest absolute Gasteiger partial charge is 0.490 e.